The van der Waals surface area contributed by atoms with Crippen LogP contribution in [-0.2, 0) is 5.41 Å². The highest BCUT2D eigenvalue weighted by Crippen LogP contribution is 2.32. The molecule has 2 rings (SSSR count). The first-order chi connectivity index (χ1) is 7.79. The third-order valence-electron chi connectivity index (χ3n) is 2.78. The van der Waals surface area contributed by atoms with Gasteiger partial charge in [0.05, 0.1) is 4.47 Å². The molecular formula is C14H18BrNO. The maximum Gasteiger partial charge on any atom is 0.200 e. The monoisotopic (exact) mass is 295 g/mol. The van der Waals surface area contributed by atoms with E-state index in [1.165, 1.54) is 5.56 Å². The number of fused-ring (bicyclic) bond motifs is 1. The standard InChI is InChI=1S/C14H18BrNO/c1-8(2)9-6-10(15)12-11(7-9)16-13(17-12)14(3,4)5/h6-8H,1-5H3. The molecular weight excluding hydrogens is 278 g/mol. The van der Waals surface area contributed by atoms with Crippen LogP contribution in [0.4, 0.5) is 0 Å². The van der Waals surface area contributed by atoms with Gasteiger partial charge in [-0.05, 0) is 39.5 Å². The van der Waals surface area contributed by atoms with E-state index in [1.807, 2.05) is 0 Å². The fraction of sp³-hybridized carbons (Fsp3) is 0.500. The van der Waals surface area contributed by atoms with Crippen molar-refractivity contribution in [3.63, 3.8) is 0 Å². The van der Waals surface area contributed by atoms with Crippen LogP contribution in [0.5, 0.6) is 0 Å². The molecule has 3 heteroatoms. The largest absolute Gasteiger partial charge is 0.439 e. The Kier molecular flexibility index (Phi) is 3.06. The van der Waals surface area contributed by atoms with Gasteiger partial charge in [0.15, 0.2) is 5.58 Å². The lowest BCUT2D eigenvalue weighted by Gasteiger charge is -2.11. The summed E-state index contributed by atoms with van der Waals surface area (Å²) < 4.78 is 6.83. The quantitative estimate of drug-likeness (QED) is 0.739. The Morgan fingerprint density at radius 3 is 2.41 bits per heavy atom. The molecule has 2 nitrogen and oxygen atoms in total. The van der Waals surface area contributed by atoms with Gasteiger partial charge in [-0.2, -0.15) is 0 Å². The zero-order valence-electron chi connectivity index (χ0n) is 11.0. The summed E-state index contributed by atoms with van der Waals surface area (Å²) in [4.78, 5) is 4.59. The molecule has 0 aliphatic heterocycles. The van der Waals surface area contributed by atoms with E-state index in [1.54, 1.807) is 0 Å². The predicted molar refractivity (Wildman–Crippen MR) is 74.5 cm³/mol. The maximum atomic E-state index is 5.84. The molecule has 2 aromatic rings. The first-order valence-electron chi connectivity index (χ1n) is 5.89. The highest BCUT2D eigenvalue weighted by Gasteiger charge is 2.22. The molecule has 0 amide bonds. The molecule has 1 heterocycles. The zero-order valence-corrected chi connectivity index (χ0v) is 12.6. The highest BCUT2D eigenvalue weighted by molar-refractivity contribution is 9.10. The summed E-state index contributed by atoms with van der Waals surface area (Å²) in [6.45, 7) is 10.7. The number of rotatable bonds is 1. The first kappa shape index (κ1) is 12.6. The molecule has 0 atom stereocenters. The van der Waals surface area contributed by atoms with E-state index in [0.717, 1.165) is 21.5 Å². The lowest BCUT2D eigenvalue weighted by molar-refractivity contribution is 0.410. The van der Waals surface area contributed by atoms with Gasteiger partial charge >= 0.3 is 0 Å². The molecule has 0 N–H and O–H groups in total. The first-order valence-corrected chi connectivity index (χ1v) is 6.69. The van der Waals surface area contributed by atoms with Crippen LogP contribution in [0.3, 0.4) is 0 Å². The number of halogens is 1. The van der Waals surface area contributed by atoms with Crippen LogP contribution < -0.4 is 0 Å². The van der Waals surface area contributed by atoms with Gasteiger partial charge in [0, 0.05) is 5.41 Å². The van der Waals surface area contributed by atoms with Crippen molar-refractivity contribution in [1.29, 1.82) is 0 Å². The molecule has 0 saturated heterocycles. The number of benzene rings is 1. The average Bonchev–Trinajstić information content (AvgIpc) is 2.60. The lowest BCUT2D eigenvalue weighted by atomic mass is 9.97. The van der Waals surface area contributed by atoms with E-state index in [2.05, 4.69) is 67.7 Å². The molecule has 0 bridgehead atoms. The van der Waals surface area contributed by atoms with Crippen molar-refractivity contribution in [2.45, 2.75) is 46.0 Å². The van der Waals surface area contributed by atoms with Crippen LogP contribution in [0.15, 0.2) is 21.0 Å². The second kappa shape index (κ2) is 4.13. The van der Waals surface area contributed by atoms with Crippen LogP contribution in [-0.4, -0.2) is 4.98 Å². The molecule has 0 aliphatic rings. The Morgan fingerprint density at radius 1 is 1.24 bits per heavy atom. The fourth-order valence-electron chi connectivity index (χ4n) is 1.67. The fourth-order valence-corrected chi connectivity index (χ4v) is 2.21. The molecule has 92 valence electrons. The van der Waals surface area contributed by atoms with Gasteiger partial charge in [0.25, 0.3) is 0 Å². The van der Waals surface area contributed by atoms with Crippen LogP contribution >= 0.6 is 15.9 Å². The van der Waals surface area contributed by atoms with Crippen molar-refractivity contribution in [2.24, 2.45) is 0 Å². The van der Waals surface area contributed by atoms with Crippen LogP contribution in [0.25, 0.3) is 11.1 Å². The Labute approximate surface area is 111 Å². The highest BCUT2D eigenvalue weighted by atomic mass is 79.9. The van der Waals surface area contributed by atoms with Gasteiger partial charge in [-0.25, -0.2) is 4.98 Å². The van der Waals surface area contributed by atoms with E-state index in [9.17, 15) is 0 Å². The summed E-state index contributed by atoms with van der Waals surface area (Å²) in [5, 5.41) is 0. The Hall–Kier alpha value is -0.830. The summed E-state index contributed by atoms with van der Waals surface area (Å²) in [5.41, 5.74) is 3.00. The summed E-state index contributed by atoms with van der Waals surface area (Å²) in [6.07, 6.45) is 0. The van der Waals surface area contributed by atoms with Gasteiger partial charge in [0.2, 0.25) is 5.89 Å². The second-order valence-corrected chi connectivity index (χ2v) is 6.63. The normalized spacial score (nSPS) is 12.6. The Balaban J connectivity index is 2.65. The number of oxazole rings is 1. The van der Waals surface area contributed by atoms with Crippen molar-refractivity contribution >= 4 is 27.0 Å². The van der Waals surface area contributed by atoms with Crippen molar-refractivity contribution in [3.05, 3.63) is 28.1 Å². The Morgan fingerprint density at radius 2 is 1.88 bits per heavy atom. The number of hydrogen-bond acceptors (Lipinski definition) is 2. The van der Waals surface area contributed by atoms with E-state index in [0.29, 0.717) is 5.92 Å². The van der Waals surface area contributed by atoms with Gasteiger partial charge in [0.1, 0.15) is 5.52 Å². The minimum absolute atomic E-state index is 0.0591. The summed E-state index contributed by atoms with van der Waals surface area (Å²) in [7, 11) is 0. The molecule has 17 heavy (non-hydrogen) atoms. The van der Waals surface area contributed by atoms with E-state index in [-0.39, 0.29) is 5.41 Å². The number of nitrogens with zero attached hydrogens (tertiary/aromatic N) is 1. The second-order valence-electron chi connectivity index (χ2n) is 5.77. The minimum atomic E-state index is -0.0591. The van der Waals surface area contributed by atoms with Gasteiger partial charge in [-0.3, -0.25) is 0 Å². The SMILES string of the molecule is CC(C)c1cc(Br)c2oc(C(C)(C)C)nc2c1. The van der Waals surface area contributed by atoms with Crippen molar-refractivity contribution in [1.82, 2.24) is 4.98 Å². The molecule has 1 aromatic carbocycles. The van der Waals surface area contributed by atoms with Gasteiger partial charge in [-0.15, -0.1) is 0 Å². The third kappa shape index (κ3) is 2.39. The minimum Gasteiger partial charge on any atom is -0.439 e. The molecule has 0 radical (unpaired) electrons. The van der Waals surface area contributed by atoms with Crippen LogP contribution in [0.1, 0.15) is 52.0 Å². The van der Waals surface area contributed by atoms with Gasteiger partial charge < -0.3 is 4.42 Å². The number of aromatic nitrogens is 1. The van der Waals surface area contributed by atoms with Crippen molar-refractivity contribution < 1.29 is 4.42 Å². The van der Waals surface area contributed by atoms with E-state index in [4.69, 9.17) is 4.42 Å². The molecule has 0 aliphatic carbocycles. The molecule has 0 unspecified atom stereocenters. The molecule has 0 fully saturated rings. The summed E-state index contributed by atoms with van der Waals surface area (Å²) in [5.74, 6) is 1.28. The maximum absolute atomic E-state index is 5.84. The summed E-state index contributed by atoms with van der Waals surface area (Å²) >= 11 is 3.56. The van der Waals surface area contributed by atoms with Crippen molar-refractivity contribution in [2.75, 3.05) is 0 Å². The smallest absolute Gasteiger partial charge is 0.200 e. The third-order valence-corrected chi connectivity index (χ3v) is 3.36. The number of hydrogen-bond donors (Lipinski definition) is 0. The molecule has 0 spiro atoms. The predicted octanol–water partition coefficient (Wildman–Crippen LogP) is 5.01. The average molecular weight is 296 g/mol. The molecule has 1 aromatic heterocycles. The van der Waals surface area contributed by atoms with Crippen LogP contribution in [0, 0.1) is 0 Å². The van der Waals surface area contributed by atoms with Crippen molar-refractivity contribution in [3.8, 4) is 0 Å². The molecule has 0 saturated carbocycles. The van der Waals surface area contributed by atoms with E-state index < -0.39 is 0 Å². The van der Waals surface area contributed by atoms with Crippen LogP contribution in [0.2, 0.25) is 0 Å². The van der Waals surface area contributed by atoms with Gasteiger partial charge in [-0.1, -0.05) is 34.6 Å². The zero-order chi connectivity index (χ0) is 12.8. The lowest BCUT2D eigenvalue weighted by Crippen LogP contribution is -2.10. The topological polar surface area (TPSA) is 26.0 Å². The Bertz CT molecular complexity index is 549. The van der Waals surface area contributed by atoms with E-state index >= 15 is 0 Å². The summed E-state index contributed by atoms with van der Waals surface area (Å²) in [6, 6.07) is 4.23.